The van der Waals surface area contributed by atoms with Crippen LogP contribution in [0.25, 0.3) is 0 Å². The van der Waals surface area contributed by atoms with Crippen molar-refractivity contribution in [2.45, 2.75) is 40.0 Å². The van der Waals surface area contributed by atoms with Crippen LogP contribution in [0.5, 0.6) is 0 Å². The molecule has 0 N–H and O–H groups in total. The number of hydrogen-bond acceptors (Lipinski definition) is 2. The van der Waals surface area contributed by atoms with Crippen LogP contribution in [0.2, 0.25) is 0 Å². The maximum atomic E-state index is 6.30. The third kappa shape index (κ3) is 5.94. The summed E-state index contributed by atoms with van der Waals surface area (Å²) in [6.45, 7) is 8.91. The van der Waals surface area contributed by atoms with Crippen LogP contribution in [0, 0.1) is 0 Å². The zero-order chi connectivity index (χ0) is 11.0. The van der Waals surface area contributed by atoms with Crippen LogP contribution in [-0.2, 0) is 18.4 Å². The zero-order valence-electron chi connectivity index (χ0n) is 9.35. The summed E-state index contributed by atoms with van der Waals surface area (Å²) in [4.78, 5) is 0. The van der Waals surface area contributed by atoms with Gasteiger partial charge in [-0.3, -0.25) is 0 Å². The Morgan fingerprint density at radius 1 is 1.00 bits per heavy atom. The van der Waals surface area contributed by atoms with E-state index in [0.29, 0.717) is 6.61 Å². The Hall–Kier alpha value is 1.21. The first-order valence-electron chi connectivity index (χ1n) is 5.35. The van der Waals surface area contributed by atoms with E-state index in [1.807, 2.05) is 0 Å². The van der Waals surface area contributed by atoms with Gasteiger partial charge in [-0.15, -0.1) is 0 Å². The molecule has 0 unspecified atom stereocenters. The van der Waals surface area contributed by atoms with Crippen molar-refractivity contribution >= 4 is 18.6 Å². The van der Waals surface area contributed by atoms with E-state index in [9.17, 15) is 0 Å². The van der Waals surface area contributed by atoms with Crippen molar-refractivity contribution in [3.05, 3.63) is 0 Å². The molecule has 86 valence electrons. The molecule has 0 rings (SSSR count). The third-order valence-electron chi connectivity index (χ3n) is 1.84. The molecular formula is C9H21Cl2NOTi. The molecule has 0 saturated heterocycles. The molecule has 0 aromatic heterocycles. The predicted octanol–water partition coefficient (Wildman–Crippen LogP) is 3.83. The van der Waals surface area contributed by atoms with Gasteiger partial charge in [-0.25, -0.2) is 0 Å². The standard InChI is InChI=1S/C6H14N.C3H7O.2ClH.Ti/c1-3-5-7-6-4-2;1-2-3-4;;;/h3-6H2,1-2H3;2-3H2,1H3;2*1H;/q2*-1;;;+4/p-2. The second kappa shape index (κ2) is 8.38. The van der Waals surface area contributed by atoms with Crippen LogP contribution in [0.15, 0.2) is 0 Å². The minimum absolute atomic E-state index is 0.678. The summed E-state index contributed by atoms with van der Waals surface area (Å²) in [7, 11) is 12.6. The summed E-state index contributed by atoms with van der Waals surface area (Å²) >= 11 is -3.13. The van der Waals surface area contributed by atoms with E-state index in [-0.39, 0.29) is 0 Å². The predicted molar refractivity (Wildman–Crippen MR) is 60.1 cm³/mol. The van der Waals surface area contributed by atoms with Crippen molar-refractivity contribution < 1.29 is 18.4 Å². The average molecular weight is 278 g/mol. The van der Waals surface area contributed by atoms with Gasteiger partial charge in [-0.05, 0) is 0 Å². The molecule has 2 nitrogen and oxygen atoms in total. The monoisotopic (exact) mass is 277 g/mol. The molecule has 0 radical (unpaired) electrons. The van der Waals surface area contributed by atoms with Crippen molar-refractivity contribution in [1.29, 1.82) is 0 Å². The molecule has 0 heterocycles. The number of nitrogens with zero attached hydrogens (tertiary/aromatic N) is 1. The van der Waals surface area contributed by atoms with Crippen LogP contribution >= 0.6 is 18.6 Å². The Labute approximate surface area is 99.8 Å². The van der Waals surface area contributed by atoms with Gasteiger partial charge in [0.05, 0.1) is 0 Å². The van der Waals surface area contributed by atoms with E-state index in [1.165, 1.54) is 0 Å². The van der Waals surface area contributed by atoms with Crippen molar-refractivity contribution in [3.63, 3.8) is 0 Å². The van der Waals surface area contributed by atoms with Crippen molar-refractivity contribution in [1.82, 2.24) is 3.38 Å². The summed E-state index contributed by atoms with van der Waals surface area (Å²) in [6.07, 6.45) is 3.11. The fraction of sp³-hybridized carbons (Fsp3) is 1.00. The SMILES string of the molecule is CCC[O][Ti]([Cl])([Cl])[N](CCC)CCC. The molecule has 14 heavy (non-hydrogen) atoms. The van der Waals surface area contributed by atoms with E-state index in [0.717, 1.165) is 32.4 Å². The minimum atomic E-state index is -3.13. The van der Waals surface area contributed by atoms with Crippen LogP contribution in [0.1, 0.15) is 40.0 Å². The maximum absolute atomic E-state index is 6.30. The molecule has 0 atom stereocenters. The first-order valence-corrected chi connectivity index (χ1v) is 11.0. The van der Waals surface area contributed by atoms with E-state index < -0.39 is 15.1 Å². The molecule has 0 amide bonds. The Kier molecular flexibility index (Phi) is 9.10. The van der Waals surface area contributed by atoms with Gasteiger partial charge in [-0.2, -0.15) is 0 Å². The topological polar surface area (TPSA) is 12.5 Å². The molecule has 0 aliphatic rings. The van der Waals surface area contributed by atoms with E-state index in [2.05, 4.69) is 24.2 Å². The fourth-order valence-corrected chi connectivity index (χ4v) is 5.76. The molecule has 0 aromatic carbocycles. The van der Waals surface area contributed by atoms with Gasteiger partial charge in [0.1, 0.15) is 0 Å². The van der Waals surface area contributed by atoms with Gasteiger partial charge in [-0.1, -0.05) is 0 Å². The van der Waals surface area contributed by atoms with Crippen LogP contribution in [0.4, 0.5) is 0 Å². The van der Waals surface area contributed by atoms with Crippen LogP contribution in [0.3, 0.4) is 0 Å². The van der Waals surface area contributed by atoms with Crippen molar-refractivity contribution in [2.75, 3.05) is 19.7 Å². The van der Waals surface area contributed by atoms with Gasteiger partial charge < -0.3 is 0 Å². The summed E-state index contributed by atoms with van der Waals surface area (Å²) < 4.78 is 7.74. The average Bonchev–Trinajstić information content (AvgIpc) is 2.14. The quantitative estimate of drug-likeness (QED) is 0.626. The first kappa shape index (κ1) is 15.2. The van der Waals surface area contributed by atoms with Crippen LogP contribution in [-0.4, -0.2) is 23.1 Å². The molecule has 0 bridgehead atoms. The summed E-state index contributed by atoms with van der Waals surface area (Å²) in [5.74, 6) is 0. The number of rotatable bonds is 8. The second-order valence-corrected chi connectivity index (χ2v) is 11.3. The second-order valence-electron chi connectivity index (χ2n) is 3.32. The molecule has 0 aromatic rings. The fourth-order valence-electron chi connectivity index (χ4n) is 1.23. The number of hydrogen-bond donors (Lipinski definition) is 0. The van der Waals surface area contributed by atoms with E-state index >= 15 is 0 Å². The molecule has 0 aliphatic carbocycles. The molecule has 0 saturated carbocycles. The van der Waals surface area contributed by atoms with Crippen molar-refractivity contribution in [2.24, 2.45) is 0 Å². The Morgan fingerprint density at radius 3 is 1.86 bits per heavy atom. The van der Waals surface area contributed by atoms with Gasteiger partial charge >= 0.3 is 100 Å². The van der Waals surface area contributed by atoms with Crippen LogP contribution < -0.4 is 0 Å². The van der Waals surface area contributed by atoms with Gasteiger partial charge in [0.25, 0.3) is 0 Å². The first-order chi connectivity index (χ1) is 6.58. The van der Waals surface area contributed by atoms with Gasteiger partial charge in [0, 0.05) is 0 Å². The summed E-state index contributed by atoms with van der Waals surface area (Å²) in [5, 5.41) is 0. The summed E-state index contributed by atoms with van der Waals surface area (Å²) in [5.41, 5.74) is 0. The Bertz CT molecular complexity index is 141. The Balaban J connectivity index is 4.13. The van der Waals surface area contributed by atoms with Crippen molar-refractivity contribution in [3.8, 4) is 0 Å². The molecular weight excluding hydrogens is 257 g/mol. The zero-order valence-corrected chi connectivity index (χ0v) is 12.4. The molecule has 0 spiro atoms. The Morgan fingerprint density at radius 2 is 1.50 bits per heavy atom. The van der Waals surface area contributed by atoms with Gasteiger partial charge in [0.15, 0.2) is 0 Å². The molecule has 0 fully saturated rings. The van der Waals surface area contributed by atoms with E-state index in [1.54, 1.807) is 0 Å². The molecule has 5 heteroatoms. The van der Waals surface area contributed by atoms with Gasteiger partial charge in [0.2, 0.25) is 0 Å². The normalized spacial score (nSPS) is 12.4. The molecule has 0 aliphatic heterocycles. The number of halogens is 2. The third-order valence-corrected chi connectivity index (χ3v) is 7.42. The summed E-state index contributed by atoms with van der Waals surface area (Å²) in [6, 6.07) is 0. The van der Waals surface area contributed by atoms with E-state index in [4.69, 9.17) is 21.9 Å².